The maximum Gasteiger partial charge on any atom is 0.158 e. The second kappa shape index (κ2) is 4.98. The summed E-state index contributed by atoms with van der Waals surface area (Å²) in [5.74, 6) is 0.0636. The molecule has 2 nitrogen and oxygen atoms in total. The second-order valence-corrected chi connectivity index (χ2v) is 6.44. The molecule has 0 amide bonds. The summed E-state index contributed by atoms with van der Waals surface area (Å²) < 4.78 is 0. The Hall–Kier alpha value is -1.33. The van der Waals surface area contributed by atoms with Crippen molar-refractivity contribution in [1.29, 1.82) is 5.26 Å². The lowest BCUT2D eigenvalue weighted by Crippen LogP contribution is -2.45. The average Bonchev–Trinajstić information content (AvgIpc) is 2.38. The molecule has 1 aromatic carbocycles. The van der Waals surface area contributed by atoms with Gasteiger partial charge in [-0.2, -0.15) is 5.26 Å². The number of benzene rings is 1. The lowest BCUT2D eigenvalue weighted by Gasteiger charge is -2.39. The maximum atomic E-state index is 12.7. The Morgan fingerprint density at radius 2 is 2.00 bits per heavy atom. The maximum absolute atomic E-state index is 12.7. The predicted molar refractivity (Wildman–Crippen MR) is 75.8 cm³/mol. The molecular formula is C16H18ClNO. The van der Waals surface area contributed by atoms with Crippen LogP contribution in [0.1, 0.15) is 38.7 Å². The van der Waals surface area contributed by atoms with Gasteiger partial charge in [0.15, 0.2) is 5.78 Å². The van der Waals surface area contributed by atoms with Crippen LogP contribution in [-0.4, -0.2) is 5.78 Å². The van der Waals surface area contributed by atoms with Crippen molar-refractivity contribution in [2.24, 2.45) is 10.8 Å². The molecule has 0 saturated heterocycles. The molecular weight excluding hydrogens is 258 g/mol. The molecule has 0 aromatic heterocycles. The monoisotopic (exact) mass is 275 g/mol. The average molecular weight is 276 g/mol. The molecule has 1 fully saturated rings. The Balaban J connectivity index is 2.37. The lowest BCUT2D eigenvalue weighted by atomic mass is 9.61. The van der Waals surface area contributed by atoms with Gasteiger partial charge in [-0.3, -0.25) is 4.79 Å². The molecule has 1 aromatic rings. The zero-order valence-corrected chi connectivity index (χ0v) is 12.1. The van der Waals surface area contributed by atoms with Gasteiger partial charge in [-0.1, -0.05) is 50.1 Å². The van der Waals surface area contributed by atoms with Crippen molar-refractivity contribution < 1.29 is 4.79 Å². The Bertz CT molecular complexity index is 544. The molecule has 0 spiro atoms. The van der Waals surface area contributed by atoms with Gasteiger partial charge in [-0.15, -0.1) is 0 Å². The van der Waals surface area contributed by atoms with Crippen molar-refractivity contribution in [3.63, 3.8) is 0 Å². The van der Waals surface area contributed by atoms with Gasteiger partial charge in [0.05, 0.1) is 6.07 Å². The van der Waals surface area contributed by atoms with E-state index in [0.717, 1.165) is 18.4 Å². The van der Waals surface area contributed by atoms with E-state index in [4.69, 9.17) is 11.6 Å². The summed E-state index contributed by atoms with van der Waals surface area (Å²) in [5, 5.41) is 10.2. The van der Waals surface area contributed by atoms with Crippen LogP contribution in [-0.2, 0) is 11.2 Å². The number of ketones is 1. The van der Waals surface area contributed by atoms with E-state index < -0.39 is 10.8 Å². The van der Waals surface area contributed by atoms with E-state index >= 15 is 0 Å². The molecule has 1 saturated carbocycles. The second-order valence-electron chi connectivity index (χ2n) is 6.03. The van der Waals surface area contributed by atoms with Crippen molar-refractivity contribution >= 4 is 17.4 Å². The molecule has 2 rings (SSSR count). The van der Waals surface area contributed by atoms with Crippen LogP contribution < -0.4 is 0 Å². The van der Waals surface area contributed by atoms with Gasteiger partial charge < -0.3 is 0 Å². The van der Waals surface area contributed by atoms with Gasteiger partial charge >= 0.3 is 0 Å². The highest BCUT2D eigenvalue weighted by Gasteiger charge is 2.49. The third kappa shape index (κ3) is 2.53. The number of carbonyl (C=O) groups excluding carboxylic acids is 1. The normalized spacial score (nSPS) is 25.9. The summed E-state index contributed by atoms with van der Waals surface area (Å²) >= 11 is 6.16. The van der Waals surface area contributed by atoms with E-state index in [-0.39, 0.29) is 5.78 Å². The highest BCUT2D eigenvalue weighted by atomic mass is 35.5. The zero-order chi connectivity index (χ0) is 14.1. The number of Topliss-reactive ketones (excluding diaryl/α,β-unsaturated/α-hetero) is 1. The fourth-order valence-corrected chi connectivity index (χ4v) is 3.19. The molecule has 1 atom stereocenters. The van der Waals surface area contributed by atoms with E-state index in [1.807, 2.05) is 32.0 Å². The first-order chi connectivity index (χ1) is 8.91. The van der Waals surface area contributed by atoms with Crippen molar-refractivity contribution in [3.8, 4) is 6.07 Å². The summed E-state index contributed by atoms with van der Waals surface area (Å²) in [6, 6.07) is 9.75. The first-order valence-electron chi connectivity index (χ1n) is 6.61. The summed E-state index contributed by atoms with van der Waals surface area (Å²) in [6.45, 7) is 3.88. The standard InChI is InChI=1S/C16H18ClNO/c1-15(2)8-5-9-16(11-18,14(15)19)10-12-6-3-4-7-13(12)17/h3-4,6-7H,5,8-10H2,1-2H3. The Morgan fingerprint density at radius 1 is 1.32 bits per heavy atom. The molecule has 0 aliphatic heterocycles. The van der Waals surface area contributed by atoms with Gasteiger partial charge in [-0.05, 0) is 30.9 Å². The molecule has 0 bridgehead atoms. The van der Waals surface area contributed by atoms with Crippen LogP contribution in [0.4, 0.5) is 0 Å². The van der Waals surface area contributed by atoms with Crippen LogP contribution in [0.15, 0.2) is 24.3 Å². The van der Waals surface area contributed by atoms with Crippen molar-refractivity contribution in [2.75, 3.05) is 0 Å². The third-order valence-corrected chi connectivity index (χ3v) is 4.49. The summed E-state index contributed by atoms with van der Waals surface area (Å²) in [7, 11) is 0. The molecule has 1 unspecified atom stereocenters. The van der Waals surface area contributed by atoms with Crippen molar-refractivity contribution in [1.82, 2.24) is 0 Å². The van der Waals surface area contributed by atoms with Crippen LogP contribution in [0.25, 0.3) is 0 Å². The van der Waals surface area contributed by atoms with E-state index in [9.17, 15) is 10.1 Å². The number of hydrogen-bond donors (Lipinski definition) is 0. The van der Waals surface area contributed by atoms with E-state index in [1.165, 1.54) is 0 Å². The first-order valence-corrected chi connectivity index (χ1v) is 6.99. The number of hydrogen-bond acceptors (Lipinski definition) is 2. The number of nitriles is 1. The van der Waals surface area contributed by atoms with Crippen LogP contribution >= 0.6 is 11.6 Å². The molecule has 0 heterocycles. The largest absolute Gasteiger partial charge is 0.297 e. The van der Waals surface area contributed by atoms with Gasteiger partial charge in [0.1, 0.15) is 5.41 Å². The highest BCUT2D eigenvalue weighted by Crippen LogP contribution is 2.45. The molecule has 1 aliphatic rings. The SMILES string of the molecule is CC1(C)CCCC(C#N)(Cc2ccccc2Cl)C1=O. The molecule has 0 N–H and O–H groups in total. The minimum atomic E-state index is -0.910. The van der Waals surface area contributed by atoms with Crippen LogP contribution in [0.3, 0.4) is 0 Å². The van der Waals surface area contributed by atoms with Crippen LogP contribution in [0.2, 0.25) is 5.02 Å². The summed E-state index contributed by atoms with van der Waals surface area (Å²) in [5.41, 5.74) is -0.432. The Morgan fingerprint density at radius 3 is 2.63 bits per heavy atom. The van der Waals surface area contributed by atoms with Gasteiger partial charge in [0, 0.05) is 10.4 Å². The predicted octanol–water partition coefficient (Wildman–Crippen LogP) is 4.17. The number of halogens is 1. The fraction of sp³-hybridized carbons (Fsp3) is 0.500. The lowest BCUT2D eigenvalue weighted by molar-refractivity contribution is -0.138. The Labute approximate surface area is 119 Å². The minimum absolute atomic E-state index is 0.0636. The van der Waals surface area contributed by atoms with Crippen molar-refractivity contribution in [3.05, 3.63) is 34.9 Å². The molecule has 1 aliphatic carbocycles. The molecule has 19 heavy (non-hydrogen) atoms. The van der Waals surface area contributed by atoms with Crippen LogP contribution in [0.5, 0.6) is 0 Å². The summed E-state index contributed by atoms with van der Waals surface area (Å²) in [4.78, 5) is 12.7. The Kier molecular flexibility index (Phi) is 3.69. The summed E-state index contributed by atoms with van der Waals surface area (Å²) in [6.07, 6.45) is 2.83. The smallest absolute Gasteiger partial charge is 0.158 e. The third-order valence-electron chi connectivity index (χ3n) is 4.12. The van der Waals surface area contributed by atoms with E-state index in [0.29, 0.717) is 17.9 Å². The number of nitrogens with zero attached hydrogens (tertiary/aromatic N) is 1. The molecule has 3 heteroatoms. The van der Waals surface area contributed by atoms with Crippen LogP contribution in [0, 0.1) is 22.2 Å². The van der Waals surface area contributed by atoms with Crippen molar-refractivity contribution in [2.45, 2.75) is 39.5 Å². The zero-order valence-electron chi connectivity index (χ0n) is 11.4. The quantitative estimate of drug-likeness (QED) is 0.813. The van der Waals surface area contributed by atoms with Gasteiger partial charge in [-0.25, -0.2) is 0 Å². The highest BCUT2D eigenvalue weighted by molar-refractivity contribution is 6.31. The van der Waals surface area contributed by atoms with Gasteiger partial charge in [0.2, 0.25) is 0 Å². The van der Waals surface area contributed by atoms with E-state index in [1.54, 1.807) is 6.07 Å². The van der Waals surface area contributed by atoms with E-state index in [2.05, 4.69) is 6.07 Å². The number of rotatable bonds is 2. The molecule has 0 radical (unpaired) electrons. The number of carbonyl (C=O) groups is 1. The fourth-order valence-electron chi connectivity index (χ4n) is 2.99. The minimum Gasteiger partial charge on any atom is -0.297 e. The first kappa shape index (κ1) is 14.1. The van der Waals surface area contributed by atoms with Gasteiger partial charge in [0.25, 0.3) is 0 Å². The molecule has 100 valence electrons. The topological polar surface area (TPSA) is 40.9 Å².